The molecule has 1 aliphatic heterocycles. The second kappa shape index (κ2) is 9.16. The lowest BCUT2D eigenvalue weighted by Crippen LogP contribution is -2.35. The van der Waals surface area contributed by atoms with Crippen molar-refractivity contribution in [3.8, 4) is 11.3 Å². The number of aromatic nitrogens is 2. The molecule has 1 aliphatic rings. The van der Waals surface area contributed by atoms with Gasteiger partial charge in [0.25, 0.3) is 0 Å². The second-order valence-corrected chi connectivity index (χ2v) is 7.90. The van der Waals surface area contributed by atoms with Crippen molar-refractivity contribution in [2.45, 2.75) is 25.8 Å². The summed E-state index contributed by atoms with van der Waals surface area (Å²) in [6.07, 6.45) is 3.32. The average Bonchev–Trinajstić information content (AvgIpc) is 3.51. The Labute approximate surface area is 179 Å². The first-order chi connectivity index (χ1) is 15.0. The van der Waals surface area contributed by atoms with Crippen molar-refractivity contribution in [3.63, 3.8) is 0 Å². The van der Waals surface area contributed by atoms with Gasteiger partial charge in [-0.15, -0.1) is 0 Å². The number of nitrogens with one attached hydrogen (secondary N) is 1. The van der Waals surface area contributed by atoms with Crippen molar-refractivity contribution >= 4 is 11.8 Å². The zero-order valence-corrected chi connectivity index (χ0v) is 17.4. The molecule has 162 valence electrons. The van der Waals surface area contributed by atoms with Crippen LogP contribution in [0.3, 0.4) is 0 Å². The number of nitrogens with zero attached hydrogens (tertiary/aromatic N) is 3. The number of H-pyrrole nitrogens is 1. The van der Waals surface area contributed by atoms with Gasteiger partial charge in [0.05, 0.1) is 24.4 Å². The van der Waals surface area contributed by atoms with E-state index in [0.717, 1.165) is 35.6 Å². The van der Waals surface area contributed by atoms with Crippen LogP contribution in [-0.4, -0.2) is 51.9 Å². The number of halogens is 1. The number of likely N-dealkylation sites (tertiary alicyclic amines) is 1. The van der Waals surface area contributed by atoms with Gasteiger partial charge >= 0.3 is 0 Å². The molecule has 1 fully saturated rings. The van der Waals surface area contributed by atoms with Gasteiger partial charge in [0, 0.05) is 37.8 Å². The Hall–Kier alpha value is -3.42. The minimum Gasteiger partial charge on any atom is -0.467 e. The summed E-state index contributed by atoms with van der Waals surface area (Å²) in [5.41, 5.74) is 2.57. The van der Waals surface area contributed by atoms with Gasteiger partial charge in [0.2, 0.25) is 11.8 Å². The fourth-order valence-corrected chi connectivity index (χ4v) is 3.87. The minimum atomic E-state index is -0.315. The van der Waals surface area contributed by atoms with Crippen LogP contribution in [0.1, 0.15) is 24.3 Å². The van der Waals surface area contributed by atoms with Gasteiger partial charge in [0.15, 0.2) is 0 Å². The maximum atomic E-state index is 13.1. The number of rotatable bonds is 8. The Morgan fingerprint density at radius 3 is 2.87 bits per heavy atom. The van der Waals surface area contributed by atoms with Crippen molar-refractivity contribution in [2.24, 2.45) is 5.92 Å². The highest BCUT2D eigenvalue weighted by Gasteiger charge is 2.35. The number of carbonyl (C=O) groups excluding carboxylic acids is 2. The van der Waals surface area contributed by atoms with Crippen LogP contribution in [0.5, 0.6) is 0 Å². The van der Waals surface area contributed by atoms with Crippen molar-refractivity contribution < 1.29 is 18.4 Å². The lowest BCUT2D eigenvalue weighted by atomic mass is 10.1. The molecule has 0 aliphatic carbocycles. The van der Waals surface area contributed by atoms with Crippen LogP contribution in [0.15, 0.2) is 53.1 Å². The third-order valence-electron chi connectivity index (χ3n) is 5.58. The number of furan rings is 1. The lowest BCUT2D eigenvalue weighted by molar-refractivity contribution is -0.134. The standard InChI is InChI=1S/C23H25FN4O3/c1-27(23(30)17-12-22(29)28(14-17)15-20-5-3-11-31-20)10-2-4-19-13-21(26-25-19)16-6-8-18(24)9-7-16/h3,5-9,11,13,17H,2,4,10,12,14-15H2,1H3,(H,25,26). The lowest BCUT2D eigenvalue weighted by Gasteiger charge is -2.21. The van der Waals surface area contributed by atoms with Crippen molar-refractivity contribution in [2.75, 3.05) is 20.1 Å². The molecule has 8 heteroatoms. The zero-order valence-electron chi connectivity index (χ0n) is 17.4. The summed E-state index contributed by atoms with van der Waals surface area (Å²) >= 11 is 0. The number of amides is 2. The van der Waals surface area contributed by atoms with E-state index in [9.17, 15) is 14.0 Å². The number of hydrogen-bond donors (Lipinski definition) is 1. The van der Waals surface area contributed by atoms with Gasteiger partial charge in [0.1, 0.15) is 11.6 Å². The number of hydrogen-bond acceptors (Lipinski definition) is 4. The molecule has 0 saturated carbocycles. The molecule has 7 nitrogen and oxygen atoms in total. The van der Waals surface area contributed by atoms with Gasteiger partial charge < -0.3 is 14.2 Å². The van der Waals surface area contributed by atoms with E-state index >= 15 is 0 Å². The third-order valence-corrected chi connectivity index (χ3v) is 5.58. The number of benzene rings is 1. The Morgan fingerprint density at radius 1 is 1.32 bits per heavy atom. The normalized spacial score (nSPS) is 16.1. The molecule has 2 aromatic heterocycles. The fourth-order valence-electron chi connectivity index (χ4n) is 3.87. The zero-order chi connectivity index (χ0) is 21.8. The summed E-state index contributed by atoms with van der Waals surface area (Å²) in [5.74, 6) is 0.0974. The molecule has 0 radical (unpaired) electrons. The molecular formula is C23H25FN4O3. The van der Waals surface area contributed by atoms with Gasteiger partial charge in [-0.2, -0.15) is 5.10 Å². The summed E-state index contributed by atoms with van der Waals surface area (Å²) in [5, 5.41) is 7.28. The highest BCUT2D eigenvalue weighted by atomic mass is 19.1. The number of aryl methyl sites for hydroxylation is 1. The average molecular weight is 424 g/mol. The second-order valence-electron chi connectivity index (χ2n) is 7.90. The van der Waals surface area contributed by atoms with E-state index in [1.165, 1.54) is 12.1 Å². The predicted molar refractivity (Wildman–Crippen MR) is 112 cm³/mol. The maximum absolute atomic E-state index is 13.1. The van der Waals surface area contributed by atoms with Gasteiger partial charge in [-0.25, -0.2) is 4.39 Å². The first kappa shape index (κ1) is 20.8. The van der Waals surface area contributed by atoms with Crippen LogP contribution >= 0.6 is 0 Å². The molecule has 4 rings (SSSR count). The van der Waals surface area contributed by atoms with Crippen LogP contribution in [0.4, 0.5) is 4.39 Å². The van der Waals surface area contributed by atoms with Crippen molar-refractivity contribution in [3.05, 3.63) is 66.0 Å². The summed E-state index contributed by atoms with van der Waals surface area (Å²) in [6.45, 7) is 1.41. The Bertz CT molecular complexity index is 1030. The molecule has 3 heterocycles. The van der Waals surface area contributed by atoms with Crippen LogP contribution in [0, 0.1) is 11.7 Å². The molecular weight excluding hydrogens is 399 g/mol. The van der Waals surface area contributed by atoms with E-state index in [2.05, 4.69) is 10.2 Å². The Kier molecular flexibility index (Phi) is 6.16. The van der Waals surface area contributed by atoms with Gasteiger partial charge in [-0.3, -0.25) is 14.7 Å². The monoisotopic (exact) mass is 424 g/mol. The Morgan fingerprint density at radius 2 is 2.13 bits per heavy atom. The molecule has 2 amide bonds. The molecule has 0 bridgehead atoms. The summed E-state index contributed by atoms with van der Waals surface area (Å²) in [4.78, 5) is 28.4. The first-order valence-electron chi connectivity index (χ1n) is 10.3. The van der Waals surface area contributed by atoms with Gasteiger partial charge in [-0.1, -0.05) is 0 Å². The van der Waals surface area contributed by atoms with Crippen molar-refractivity contribution in [1.82, 2.24) is 20.0 Å². The molecule has 1 saturated heterocycles. The first-order valence-corrected chi connectivity index (χ1v) is 10.3. The number of carbonyl (C=O) groups is 2. The van der Waals surface area contributed by atoms with E-state index in [1.807, 2.05) is 12.1 Å². The van der Waals surface area contributed by atoms with E-state index in [1.54, 1.807) is 41.3 Å². The van der Waals surface area contributed by atoms with Crippen molar-refractivity contribution in [1.29, 1.82) is 0 Å². The van der Waals surface area contributed by atoms with E-state index in [-0.39, 0.29) is 30.0 Å². The predicted octanol–water partition coefficient (Wildman–Crippen LogP) is 3.25. The summed E-state index contributed by atoms with van der Waals surface area (Å²) in [7, 11) is 1.78. The molecule has 1 unspecified atom stereocenters. The van der Waals surface area contributed by atoms with E-state index in [4.69, 9.17) is 4.42 Å². The van der Waals surface area contributed by atoms with E-state index < -0.39 is 0 Å². The van der Waals surface area contributed by atoms with Gasteiger partial charge in [-0.05, 0) is 55.3 Å². The van der Waals surface area contributed by atoms with Crippen LogP contribution < -0.4 is 0 Å². The maximum Gasteiger partial charge on any atom is 0.227 e. The Balaban J connectivity index is 1.24. The highest BCUT2D eigenvalue weighted by molar-refractivity contribution is 5.89. The third kappa shape index (κ3) is 5.02. The topological polar surface area (TPSA) is 82.4 Å². The van der Waals surface area contributed by atoms with Crippen LogP contribution in [0.25, 0.3) is 11.3 Å². The fraction of sp³-hybridized carbons (Fsp3) is 0.348. The van der Waals surface area contributed by atoms with Crippen LogP contribution in [0.2, 0.25) is 0 Å². The molecule has 0 spiro atoms. The molecule has 1 atom stereocenters. The molecule has 31 heavy (non-hydrogen) atoms. The largest absolute Gasteiger partial charge is 0.467 e. The summed E-state index contributed by atoms with van der Waals surface area (Å²) in [6, 6.07) is 11.8. The molecule has 1 N–H and O–H groups in total. The number of aromatic amines is 1. The molecule has 1 aromatic carbocycles. The smallest absolute Gasteiger partial charge is 0.227 e. The SMILES string of the molecule is CN(CCCc1cc(-c2ccc(F)cc2)n[nH]1)C(=O)C1CC(=O)N(Cc2ccco2)C1. The molecule has 3 aromatic rings. The highest BCUT2D eigenvalue weighted by Crippen LogP contribution is 2.22. The quantitative estimate of drug-likeness (QED) is 0.602. The van der Waals surface area contributed by atoms with Crippen LogP contribution in [-0.2, 0) is 22.6 Å². The minimum absolute atomic E-state index is 0.00749. The summed E-state index contributed by atoms with van der Waals surface area (Å²) < 4.78 is 18.4. The van der Waals surface area contributed by atoms with E-state index in [0.29, 0.717) is 19.6 Å².